The van der Waals surface area contributed by atoms with Gasteiger partial charge in [-0.05, 0) is 50.1 Å². The number of methoxy groups -OCH3 is 2. The summed E-state index contributed by atoms with van der Waals surface area (Å²) in [4.78, 5) is 20.1. The first-order valence-corrected chi connectivity index (χ1v) is 11.1. The van der Waals surface area contributed by atoms with E-state index >= 15 is 0 Å². The molecule has 1 aromatic heterocycles. The summed E-state index contributed by atoms with van der Waals surface area (Å²) in [6, 6.07) is 11.0. The lowest BCUT2D eigenvalue weighted by Gasteiger charge is -2.23. The third-order valence-corrected chi connectivity index (χ3v) is 6.23. The average molecular weight is 443 g/mol. The monoisotopic (exact) mass is 442 g/mol. The summed E-state index contributed by atoms with van der Waals surface area (Å²) in [7, 11) is 3.12. The van der Waals surface area contributed by atoms with E-state index in [9.17, 15) is 4.79 Å². The van der Waals surface area contributed by atoms with Crippen molar-refractivity contribution in [3.8, 4) is 17.2 Å². The number of hydrogen-bond acceptors (Lipinski definition) is 7. The van der Waals surface area contributed by atoms with E-state index in [-0.39, 0.29) is 12.0 Å². The van der Waals surface area contributed by atoms with Crippen LogP contribution in [-0.4, -0.2) is 51.0 Å². The number of nitrogens with zero attached hydrogens (tertiary/aromatic N) is 2. The molecule has 8 heteroatoms. The van der Waals surface area contributed by atoms with Crippen LogP contribution in [0.3, 0.4) is 0 Å². The number of anilines is 1. The van der Waals surface area contributed by atoms with Crippen LogP contribution in [0.4, 0.5) is 5.13 Å². The van der Waals surface area contributed by atoms with Crippen molar-refractivity contribution in [1.82, 2.24) is 4.98 Å². The fraction of sp³-hybridized carbons (Fsp3) is 0.391. The van der Waals surface area contributed by atoms with Crippen LogP contribution in [-0.2, 0) is 4.74 Å². The van der Waals surface area contributed by atoms with Crippen LogP contribution in [0.1, 0.15) is 30.1 Å². The van der Waals surface area contributed by atoms with Crippen LogP contribution in [0.15, 0.2) is 36.4 Å². The predicted molar refractivity (Wildman–Crippen MR) is 121 cm³/mol. The third kappa shape index (κ3) is 4.45. The topological polar surface area (TPSA) is 70.1 Å². The Morgan fingerprint density at radius 2 is 2.03 bits per heavy atom. The van der Waals surface area contributed by atoms with E-state index in [1.165, 1.54) is 11.3 Å². The number of rotatable bonds is 8. The van der Waals surface area contributed by atoms with Crippen LogP contribution < -0.4 is 19.1 Å². The van der Waals surface area contributed by atoms with E-state index in [1.54, 1.807) is 37.3 Å². The first kappa shape index (κ1) is 21.4. The lowest BCUT2D eigenvalue weighted by atomic mass is 10.1. The molecule has 0 aliphatic carbocycles. The fourth-order valence-electron chi connectivity index (χ4n) is 3.66. The second-order valence-electron chi connectivity index (χ2n) is 7.15. The van der Waals surface area contributed by atoms with Gasteiger partial charge in [0.25, 0.3) is 5.91 Å². The molecular formula is C23H26N2O5S. The standard InChI is InChI=1S/C23H26N2O5S/c1-4-29-18-8-5-9-20-21(18)24-23(31-20)25(14-16-7-6-12-30-16)22(26)15-10-11-17(27-2)19(13-15)28-3/h5,8-11,13,16H,4,6-7,12,14H2,1-3H3. The zero-order valence-electron chi connectivity index (χ0n) is 17.9. The minimum Gasteiger partial charge on any atom is -0.493 e. The SMILES string of the molecule is CCOc1cccc2sc(N(CC3CCCO3)C(=O)c3ccc(OC)c(OC)c3)nc12. The van der Waals surface area contributed by atoms with Gasteiger partial charge in [-0.2, -0.15) is 0 Å². The molecule has 1 saturated heterocycles. The maximum atomic E-state index is 13.6. The van der Waals surface area contributed by atoms with Crippen LogP contribution in [0, 0.1) is 0 Å². The number of carbonyl (C=O) groups is 1. The molecule has 2 heterocycles. The summed E-state index contributed by atoms with van der Waals surface area (Å²) in [5, 5.41) is 0.623. The van der Waals surface area contributed by atoms with Crippen LogP contribution in [0.5, 0.6) is 17.2 Å². The molecule has 1 atom stereocenters. The second-order valence-corrected chi connectivity index (χ2v) is 8.16. The van der Waals surface area contributed by atoms with Crippen LogP contribution >= 0.6 is 11.3 Å². The molecular weight excluding hydrogens is 416 g/mol. The van der Waals surface area contributed by atoms with Gasteiger partial charge in [0.2, 0.25) is 0 Å². The van der Waals surface area contributed by atoms with Crippen molar-refractivity contribution in [2.24, 2.45) is 0 Å². The molecule has 1 fully saturated rings. The largest absolute Gasteiger partial charge is 0.493 e. The highest BCUT2D eigenvalue weighted by molar-refractivity contribution is 7.22. The Morgan fingerprint density at radius 1 is 1.19 bits per heavy atom. The van der Waals surface area contributed by atoms with Gasteiger partial charge in [0.05, 0.1) is 38.2 Å². The van der Waals surface area contributed by atoms with Gasteiger partial charge >= 0.3 is 0 Å². The number of ether oxygens (including phenoxy) is 4. The molecule has 0 radical (unpaired) electrons. The van der Waals surface area contributed by atoms with E-state index in [0.717, 1.165) is 35.4 Å². The number of para-hydroxylation sites is 1. The van der Waals surface area contributed by atoms with Crippen molar-refractivity contribution in [3.05, 3.63) is 42.0 Å². The van der Waals surface area contributed by atoms with E-state index in [2.05, 4.69) is 0 Å². The maximum Gasteiger partial charge on any atom is 0.260 e. The molecule has 0 bridgehead atoms. The van der Waals surface area contributed by atoms with Crippen molar-refractivity contribution in [3.63, 3.8) is 0 Å². The summed E-state index contributed by atoms with van der Waals surface area (Å²) < 4.78 is 23.2. The maximum absolute atomic E-state index is 13.6. The van der Waals surface area contributed by atoms with E-state index < -0.39 is 0 Å². The summed E-state index contributed by atoms with van der Waals surface area (Å²) in [5.41, 5.74) is 1.27. The van der Waals surface area contributed by atoms with Gasteiger partial charge in [-0.25, -0.2) is 4.98 Å². The van der Waals surface area contributed by atoms with Crippen molar-refractivity contribution >= 4 is 32.6 Å². The summed E-state index contributed by atoms with van der Waals surface area (Å²) in [6.07, 6.45) is 1.91. The zero-order chi connectivity index (χ0) is 21.8. The Labute approximate surface area is 185 Å². The smallest absolute Gasteiger partial charge is 0.260 e. The van der Waals surface area contributed by atoms with Gasteiger partial charge in [-0.15, -0.1) is 0 Å². The molecule has 2 aromatic carbocycles. The quantitative estimate of drug-likeness (QED) is 0.510. The number of hydrogen-bond donors (Lipinski definition) is 0. The first-order valence-electron chi connectivity index (χ1n) is 10.3. The molecule has 3 aromatic rings. The Hall–Kier alpha value is -2.84. The molecule has 1 aliphatic heterocycles. The highest BCUT2D eigenvalue weighted by Gasteiger charge is 2.28. The zero-order valence-corrected chi connectivity index (χ0v) is 18.7. The van der Waals surface area contributed by atoms with Crippen molar-refractivity contribution in [2.75, 3.05) is 38.9 Å². The summed E-state index contributed by atoms with van der Waals surface area (Å²) in [6.45, 7) is 3.65. The van der Waals surface area contributed by atoms with Gasteiger partial charge < -0.3 is 18.9 Å². The number of thiazole rings is 1. The molecule has 31 heavy (non-hydrogen) atoms. The molecule has 1 unspecified atom stereocenters. The first-order chi connectivity index (χ1) is 15.1. The third-order valence-electron chi connectivity index (χ3n) is 5.19. The van der Waals surface area contributed by atoms with E-state index in [0.29, 0.717) is 35.3 Å². The molecule has 1 amide bonds. The van der Waals surface area contributed by atoms with Crippen molar-refractivity contribution in [1.29, 1.82) is 0 Å². The minimum atomic E-state index is -0.159. The van der Waals surface area contributed by atoms with Crippen molar-refractivity contribution < 1.29 is 23.7 Å². The second kappa shape index (κ2) is 9.53. The lowest BCUT2D eigenvalue weighted by Crippen LogP contribution is -2.37. The number of aromatic nitrogens is 1. The van der Waals surface area contributed by atoms with Crippen LogP contribution in [0.25, 0.3) is 10.2 Å². The van der Waals surface area contributed by atoms with Gasteiger partial charge in [0.1, 0.15) is 11.3 Å². The highest BCUT2D eigenvalue weighted by atomic mass is 32.1. The van der Waals surface area contributed by atoms with Gasteiger partial charge in [-0.3, -0.25) is 9.69 Å². The van der Waals surface area contributed by atoms with E-state index in [1.807, 2.05) is 25.1 Å². The highest BCUT2D eigenvalue weighted by Crippen LogP contribution is 2.36. The molecule has 1 aliphatic rings. The van der Waals surface area contributed by atoms with Crippen molar-refractivity contribution in [2.45, 2.75) is 25.9 Å². The van der Waals surface area contributed by atoms with Crippen LogP contribution in [0.2, 0.25) is 0 Å². The number of benzene rings is 2. The van der Waals surface area contributed by atoms with Gasteiger partial charge in [0.15, 0.2) is 16.6 Å². The number of amides is 1. The molecule has 0 spiro atoms. The predicted octanol–water partition coefficient (Wildman–Crippen LogP) is 4.54. The number of fused-ring (bicyclic) bond motifs is 1. The molecule has 0 N–H and O–H groups in total. The summed E-state index contributed by atoms with van der Waals surface area (Å²) >= 11 is 1.47. The summed E-state index contributed by atoms with van der Waals surface area (Å²) in [5.74, 6) is 1.64. The fourth-order valence-corrected chi connectivity index (χ4v) is 4.65. The average Bonchev–Trinajstić information content (AvgIpc) is 3.47. The van der Waals surface area contributed by atoms with E-state index in [4.69, 9.17) is 23.9 Å². The lowest BCUT2D eigenvalue weighted by molar-refractivity contribution is 0.0917. The molecule has 0 saturated carbocycles. The molecule has 164 valence electrons. The molecule has 4 rings (SSSR count). The minimum absolute atomic E-state index is 0.0116. The van der Waals surface area contributed by atoms with Gasteiger partial charge in [-0.1, -0.05) is 17.4 Å². The number of carbonyl (C=O) groups excluding carboxylic acids is 1. The molecule has 7 nitrogen and oxygen atoms in total. The van der Waals surface area contributed by atoms with Gasteiger partial charge in [0, 0.05) is 12.2 Å². The Kier molecular flexibility index (Phi) is 6.58. The Balaban J connectivity index is 1.73. The normalized spacial score (nSPS) is 15.8. The Bertz CT molecular complexity index is 1060. The Morgan fingerprint density at radius 3 is 2.74 bits per heavy atom.